The van der Waals surface area contributed by atoms with Gasteiger partial charge in [0.2, 0.25) is 8.53 Å². The van der Waals surface area contributed by atoms with E-state index in [1.54, 1.807) is 0 Å². The lowest BCUT2D eigenvalue weighted by molar-refractivity contribution is 0.288. The first-order valence-electron chi connectivity index (χ1n) is 2.29. The SMILES string of the molecule is OCCCNP(O)O. The molecule has 0 bridgehead atoms. The van der Waals surface area contributed by atoms with Crippen LogP contribution in [0.2, 0.25) is 0 Å². The monoisotopic (exact) mass is 139 g/mol. The Bertz CT molecular complexity index is 51.8. The molecule has 4 nitrogen and oxygen atoms in total. The molecule has 0 rings (SSSR count). The molecule has 0 unspecified atom stereocenters. The minimum Gasteiger partial charge on any atom is -0.396 e. The second-order valence-electron chi connectivity index (χ2n) is 1.27. The lowest BCUT2D eigenvalue weighted by Crippen LogP contribution is -2.08. The van der Waals surface area contributed by atoms with Crippen molar-refractivity contribution in [1.29, 1.82) is 0 Å². The fraction of sp³-hybridized carbons (Fsp3) is 1.00. The van der Waals surface area contributed by atoms with Crippen LogP contribution < -0.4 is 5.09 Å². The van der Waals surface area contributed by atoms with Gasteiger partial charge in [0, 0.05) is 13.2 Å². The van der Waals surface area contributed by atoms with Gasteiger partial charge in [0.1, 0.15) is 0 Å². The van der Waals surface area contributed by atoms with Crippen LogP contribution >= 0.6 is 8.53 Å². The molecule has 0 atom stereocenters. The average Bonchev–Trinajstić information content (AvgIpc) is 1.66. The Balaban J connectivity index is 2.72. The van der Waals surface area contributed by atoms with Gasteiger partial charge < -0.3 is 14.9 Å². The number of hydrogen-bond donors (Lipinski definition) is 4. The number of rotatable bonds is 4. The smallest absolute Gasteiger partial charge is 0.250 e. The summed E-state index contributed by atoms with van der Waals surface area (Å²) in [5, 5.41) is 10.5. The molecular formula is C3H10NO3P. The second kappa shape index (κ2) is 5.41. The molecule has 50 valence electrons. The van der Waals surface area contributed by atoms with Crippen molar-refractivity contribution < 1.29 is 14.9 Å². The highest BCUT2D eigenvalue weighted by Crippen LogP contribution is 2.14. The molecule has 0 aromatic rings. The lowest BCUT2D eigenvalue weighted by Gasteiger charge is -2.00. The van der Waals surface area contributed by atoms with Crippen molar-refractivity contribution in [1.82, 2.24) is 5.09 Å². The van der Waals surface area contributed by atoms with Crippen LogP contribution in [0.4, 0.5) is 0 Å². The van der Waals surface area contributed by atoms with Gasteiger partial charge in [-0.05, 0) is 6.42 Å². The van der Waals surface area contributed by atoms with Crippen molar-refractivity contribution in [3.8, 4) is 0 Å². The Morgan fingerprint density at radius 3 is 2.38 bits per heavy atom. The first-order chi connectivity index (χ1) is 3.77. The molecular weight excluding hydrogens is 129 g/mol. The van der Waals surface area contributed by atoms with Gasteiger partial charge in [-0.2, -0.15) is 0 Å². The molecule has 0 saturated heterocycles. The Labute approximate surface area is 49.1 Å². The van der Waals surface area contributed by atoms with Crippen LogP contribution in [0.15, 0.2) is 0 Å². The van der Waals surface area contributed by atoms with E-state index in [0.29, 0.717) is 13.0 Å². The standard InChI is InChI=1S/C3H10NO3P/c5-3-1-2-4-8(6)7/h4-7H,1-3H2. The maximum Gasteiger partial charge on any atom is 0.250 e. The molecule has 0 aliphatic heterocycles. The van der Waals surface area contributed by atoms with E-state index in [-0.39, 0.29) is 6.61 Å². The Kier molecular flexibility index (Phi) is 5.59. The molecule has 0 fully saturated rings. The van der Waals surface area contributed by atoms with Crippen LogP contribution in [0.25, 0.3) is 0 Å². The number of hydrogen-bond acceptors (Lipinski definition) is 4. The van der Waals surface area contributed by atoms with Crippen LogP contribution in [0.1, 0.15) is 6.42 Å². The van der Waals surface area contributed by atoms with Crippen molar-refractivity contribution in [2.24, 2.45) is 0 Å². The summed E-state index contributed by atoms with van der Waals surface area (Å²) in [6.45, 7) is 0.533. The van der Waals surface area contributed by atoms with Crippen molar-refractivity contribution in [2.75, 3.05) is 13.2 Å². The highest BCUT2D eigenvalue weighted by atomic mass is 31.2. The van der Waals surface area contributed by atoms with Crippen molar-refractivity contribution >= 4 is 8.53 Å². The van der Waals surface area contributed by atoms with E-state index >= 15 is 0 Å². The van der Waals surface area contributed by atoms with Gasteiger partial charge in [-0.15, -0.1) is 0 Å². The minimum absolute atomic E-state index is 0.0795. The summed E-state index contributed by atoms with van der Waals surface area (Å²) in [7, 11) is -1.97. The number of aliphatic hydroxyl groups excluding tert-OH is 1. The maximum absolute atomic E-state index is 8.21. The summed E-state index contributed by atoms with van der Waals surface area (Å²) in [6.07, 6.45) is 0.556. The average molecular weight is 139 g/mol. The molecule has 8 heavy (non-hydrogen) atoms. The molecule has 0 amide bonds. The quantitative estimate of drug-likeness (QED) is 0.303. The Morgan fingerprint density at radius 1 is 1.38 bits per heavy atom. The molecule has 0 heterocycles. The number of aliphatic hydroxyl groups is 1. The van der Waals surface area contributed by atoms with Gasteiger partial charge in [-0.1, -0.05) is 0 Å². The topological polar surface area (TPSA) is 72.7 Å². The molecule has 0 aromatic heterocycles. The van der Waals surface area contributed by atoms with E-state index in [2.05, 4.69) is 5.09 Å². The van der Waals surface area contributed by atoms with Gasteiger partial charge >= 0.3 is 0 Å². The highest BCUT2D eigenvalue weighted by molar-refractivity contribution is 7.42. The third-order valence-electron chi connectivity index (χ3n) is 0.588. The summed E-state index contributed by atoms with van der Waals surface area (Å²) in [6, 6.07) is 0. The molecule has 0 aliphatic rings. The predicted molar refractivity (Wildman–Crippen MR) is 31.1 cm³/mol. The molecule has 0 aromatic carbocycles. The zero-order valence-corrected chi connectivity index (χ0v) is 5.30. The van der Waals surface area contributed by atoms with Gasteiger partial charge in [0.15, 0.2) is 0 Å². The summed E-state index contributed by atoms with van der Waals surface area (Å²) < 4.78 is 0. The van der Waals surface area contributed by atoms with Crippen LogP contribution in [-0.4, -0.2) is 28.0 Å². The van der Waals surface area contributed by atoms with E-state index in [9.17, 15) is 0 Å². The van der Waals surface area contributed by atoms with Gasteiger partial charge in [-0.25, -0.2) is 0 Å². The van der Waals surface area contributed by atoms with Crippen molar-refractivity contribution in [3.63, 3.8) is 0 Å². The third-order valence-corrected chi connectivity index (χ3v) is 1.09. The van der Waals surface area contributed by atoms with E-state index in [1.165, 1.54) is 0 Å². The van der Waals surface area contributed by atoms with Crippen LogP contribution in [0.5, 0.6) is 0 Å². The lowest BCUT2D eigenvalue weighted by atomic mass is 10.5. The fourth-order valence-electron chi connectivity index (χ4n) is 0.258. The minimum atomic E-state index is -1.97. The maximum atomic E-state index is 8.21. The highest BCUT2D eigenvalue weighted by Gasteiger charge is 1.92. The molecule has 0 spiro atoms. The normalized spacial score (nSPS) is 10.5. The van der Waals surface area contributed by atoms with Crippen molar-refractivity contribution in [3.05, 3.63) is 0 Å². The predicted octanol–water partition coefficient (Wildman–Crippen LogP) is -0.830. The Morgan fingerprint density at radius 2 is 2.00 bits per heavy atom. The van der Waals surface area contributed by atoms with Gasteiger partial charge in [0.05, 0.1) is 0 Å². The Hall–Kier alpha value is 0.270. The van der Waals surface area contributed by atoms with E-state index in [0.717, 1.165) is 0 Å². The van der Waals surface area contributed by atoms with E-state index < -0.39 is 8.53 Å². The molecule has 4 N–H and O–H groups in total. The van der Waals surface area contributed by atoms with Gasteiger partial charge in [-0.3, -0.25) is 5.09 Å². The van der Waals surface area contributed by atoms with Crippen molar-refractivity contribution in [2.45, 2.75) is 6.42 Å². The second-order valence-corrected chi connectivity index (χ2v) is 2.17. The first kappa shape index (κ1) is 8.27. The molecule has 0 aliphatic carbocycles. The van der Waals surface area contributed by atoms with E-state index in [1.807, 2.05) is 0 Å². The summed E-state index contributed by atoms with van der Waals surface area (Å²) in [4.78, 5) is 16.4. The first-order valence-corrected chi connectivity index (χ1v) is 3.54. The number of nitrogens with one attached hydrogen (secondary N) is 1. The molecule has 0 radical (unpaired) electrons. The summed E-state index contributed by atoms with van der Waals surface area (Å²) in [5.74, 6) is 0. The van der Waals surface area contributed by atoms with Crippen LogP contribution in [0.3, 0.4) is 0 Å². The van der Waals surface area contributed by atoms with E-state index in [4.69, 9.17) is 14.9 Å². The molecule has 0 saturated carbocycles. The zero-order valence-electron chi connectivity index (χ0n) is 4.41. The summed E-state index contributed by atoms with van der Waals surface area (Å²) in [5.41, 5.74) is 0. The van der Waals surface area contributed by atoms with Crippen LogP contribution in [0, 0.1) is 0 Å². The van der Waals surface area contributed by atoms with Crippen LogP contribution in [-0.2, 0) is 0 Å². The largest absolute Gasteiger partial charge is 0.396 e. The zero-order chi connectivity index (χ0) is 6.41. The third kappa shape index (κ3) is 6.27. The fourth-order valence-corrected chi connectivity index (χ4v) is 0.616. The van der Waals surface area contributed by atoms with Gasteiger partial charge in [0.25, 0.3) is 0 Å². The molecule has 5 heteroatoms. The summed E-state index contributed by atoms with van der Waals surface area (Å²) >= 11 is 0.